The van der Waals surface area contributed by atoms with Gasteiger partial charge in [0.05, 0.1) is 17.3 Å². The molecule has 0 heterocycles. The number of aromatic hydroxyl groups is 1. The Labute approximate surface area is 140 Å². The molecule has 0 radical (unpaired) electrons. The first-order valence-corrected chi connectivity index (χ1v) is 8.55. The lowest BCUT2D eigenvalue weighted by Crippen LogP contribution is -2.65. The molecule has 128 valence electrons. The standard InChI is InChI=1S/C19H23NO4/c1-10-4-6-18-9-12(21)5-7-19(18,24)14(10)8-11-2-3-13(17(20)23)16(22)15(11)18/h2-3,5,7,10,12,14,21-22,24H,4,6,8-9H2,1H3,(H2,20,23)/t10?,12?,14-,18+,19+/m0/s1. The zero-order chi connectivity index (χ0) is 17.3. The first kappa shape index (κ1) is 15.7. The van der Waals surface area contributed by atoms with Crippen molar-refractivity contribution in [1.29, 1.82) is 0 Å². The molecular weight excluding hydrogens is 306 g/mol. The summed E-state index contributed by atoms with van der Waals surface area (Å²) < 4.78 is 0. The van der Waals surface area contributed by atoms with Crippen molar-refractivity contribution in [2.75, 3.05) is 0 Å². The quantitative estimate of drug-likeness (QED) is 0.584. The summed E-state index contributed by atoms with van der Waals surface area (Å²) in [6.07, 6.45) is 5.25. The number of hydrogen-bond donors (Lipinski definition) is 4. The molecule has 1 amide bonds. The highest BCUT2D eigenvalue weighted by Crippen LogP contribution is 2.62. The van der Waals surface area contributed by atoms with Crippen molar-refractivity contribution in [1.82, 2.24) is 0 Å². The highest BCUT2D eigenvalue weighted by molar-refractivity contribution is 5.96. The van der Waals surface area contributed by atoms with E-state index in [1.807, 2.05) is 6.07 Å². The largest absolute Gasteiger partial charge is 0.507 e. The molecule has 1 saturated carbocycles. The zero-order valence-electron chi connectivity index (χ0n) is 13.7. The maximum atomic E-state index is 11.7. The summed E-state index contributed by atoms with van der Waals surface area (Å²) in [5.74, 6) is -0.446. The van der Waals surface area contributed by atoms with Crippen molar-refractivity contribution in [3.05, 3.63) is 41.0 Å². The molecule has 5 N–H and O–H groups in total. The van der Waals surface area contributed by atoms with Crippen LogP contribution in [0.15, 0.2) is 24.3 Å². The fourth-order valence-corrected chi connectivity index (χ4v) is 5.45. The van der Waals surface area contributed by atoms with Crippen molar-refractivity contribution >= 4 is 5.91 Å². The van der Waals surface area contributed by atoms with Crippen LogP contribution in [0.4, 0.5) is 0 Å². The molecule has 0 aliphatic heterocycles. The lowest BCUT2D eigenvalue weighted by atomic mass is 9.45. The van der Waals surface area contributed by atoms with Crippen LogP contribution in [-0.4, -0.2) is 32.9 Å². The van der Waals surface area contributed by atoms with Gasteiger partial charge in [0.1, 0.15) is 5.75 Å². The molecule has 1 fully saturated rings. The Hall–Kier alpha value is -1.85. The molecule has 24 heavy (non-hydrogen) atoms. The van der Waals surface area contributed by atoms with E-state index in [4.69, 9.17) is 5.73 Å². The first-order valence-electron chi connectivity index (χ1n) is 8.55. The van der Waals surface area contributed by atoms with Gasteiger partial charge in [-0.15, -0.1) is 0 Å². The molecule has 5 heteroatoms. The number of rotatable bonds is 1. The van der Waals surface area contributed by atoms with Gasteiger partial charge < -0.3 is 21.1 Å². The Balaban J connectivity index is 2.04. The lowest BCUT2D eigenvalue weighted by Gasteiger charge is -2.61. The van der Waals surface area contributed by atoms with Crippen LogP contribution in [-0.2, 0) is 11.8 Å². The number of nitrogens with two attached hydrogens (primary N) is 1. The van der Waals surface area contributed by atoms with E-state index >= 15 is 0 Å². The summed E-state index contributed by atoms with van der Waals surface area (Å²) in [5, 5.41) is 32.7. The Bertz CT molecular complexity index is 758. The fraction of sp³-hybridized carbons (Fsp3) is 0.526. The van der Waals surface area contributed by atoms with E-state index in [0.29, 0.717) is 30.7 Å². The highest BCUT2D eigenvalue weighted by Gasteiger charge is 2.63. The maximum Gasteiger partial charge on any atom is 0.252 e. The Morgan fingerprint density at radius 2 is 2.12 bits per heavy atom. The molecule has 2 unspecified atom stereocenters. The summed E-state index contributed by atoms with van der Waals surface area (Å²) >= 11 is 0. The zero-order valence-corrected chi connectivity index (χ0v) is 13.7. The molecule has 5 atom stereocenters. The van der Waals surface area contributed by atoms with E-state index in [1.165, 1.54) is 0 Å². The van der Waals surface area contributed by atoms with Crippen molar-refractivity contribution in [3.63, 3.8) is 0 Å². The van der Waals surface area contributed by atoms with Crippen LogP contribution in [0.2, 0.25) is 0 Å². The van der Waals surface area contributed by atoms with Crippen molar-refractivity contribution < 1.29 is 20.1 Å². The number of carbonyl (C=O) groups is 1. The minimum absolute atomic E-state index is 0.0290. The van der Waals surface area contributed by atoms with Gasteiger partial charge in [-0.25, -0.2) is 0 Å². The summed E-state index contributed by atoms with van der Waals surface area (Å²) in [6.45, 7) is 2.15. The SMILES string of the molecule is CC1CC[C@]23CC(O)C=C[C@@]2(O)[C@H]1Cc1ccc(C(N)=O)c(O)c13. The van der Waals surface area contributed by atoms with Gasteiger partial charge in [-0.05, 0) is 49.1 Å². The third-order valence-corrected chi connectivity index (χ3v) is 6.62. The number of phenols is 1. The van der Waals surface area contributed by atoms with Gasteiger partial charge in [-0.2, -0.15) is 0 Å². The lowest BCUT2D eigenvalue weighted by molar-refractivity contribution is -0.123. The molecule has 3 aliphatic rings. The second kappa shape index (κ2) is 4.83. The van der Waals surface area contributed by atoms with E-state index in [9.17, 15) is 20.1 Å². The molecular formula is C19H23NO4. The van der Waals surface area contributed by atoms with E-state index in [-0.39, 0.29) is 17.2 Å². The number of aliphatic hydroxyl groups excluding tert-OH is 1. The molecule has 1 aromatic rings. The first-order chi connectivity index (χ1) is 11.3. The van der Waals surface area contributed by atoms with Crippen molar-refractivity contribution in [2.45, 2.75) is 49.7 Å². The molecule has 2 bridgehead atoms. The van der Waals surface area contributed by atoms with Crippen molar-refractivity contribution in [2.24, 2.45) is 17.6 Å². The van der Waals surface area contributed by atoms with Gasteiger partial charge in [-0.1, -0.05) is 25.1 Å². The van der Waals surface area contributed by atoms with Crippen LogP contribution in [0.1, 0.15) is 47.7 Å². The number of aliphatic hydroxyl groups is 2. The van der Waals surface area contributed by atoms with Gasteiger partial charge in [-0.3, -0.25) is 4.79 Å². The average Bonchev–Trinajstić information content (AvgIpc) is 2.51. The smallest absolute Gasteiger partial charge is 0.252 e. The van der Waals surface area contributed by atoms with Crippen LogP contribution in [0.25, 0.3) is 0 Å². The molecule has 5 nitrogen and oxygen atoms in total. The monoisotopic (exact) mass is 329 g/mol. The van der Waals surface area contributed by atoms with Gasteiger partial charge in [0.25, 0.3) is 5.91 Å². The molecule has 0 aromatic heterocycles. The predicted molar refractivity (Wildman–Crippen MR) is 88.6 cm³/mol. The second-order valence-electron chi connectivity index (χ2n) is 7.72. The number of primary amides is 1. The van der Waals surface area contributed by atoms with Gasteiger partial charge >= 0.3 is 0 Å². The third kappa shape index (κ3) is 1.74. The fourth-order valence-electron chi connectivity index (χ4n) is 5.45. The molecule has 4 rings (SSSR count). The van der Waals surface area contributed by atoms with Gasteiger partial charge in [0, 0.05) is 11.0 Å². The predicted octanol–water partition coefficient (Wildman–Crippen LogP) is 1.38. The van der Waals surface area contributed by atoms with E-state index in [2.05, 4.69) is 6.92 Å². The summed E-state index contributed by atoms with van der Waals surface area (Å²) in [5.41, 5.74) is 5.13. The number of amides is 1. The van der Waals surface area contributed by atoms with Crippen LogP contribution in [0.3, 0.4) is 0 Å². The Morgan fingerprint density at radius 3 is 2.83 bits per heavy atom. The van der Waals surface area contributed by atoms with Crippen LogP contribution < -0.4 is 5.73 Å². The number of carbonyl (C=O) groups excluding carboxylic acids is 1. The van der Waals surface area contributed by atoms with E-state index in [1.54, 1.807) is 18.2 Å². The topological polar surface area (TPSA) is 104 Å². The van der Waals surface area contributed by atoms with Gasteiger partial charge in [0.2, 0.25) is 0 Å². The van der Waals surface area contributed by atoms with Crippen LogP contribution >= 0.6 is 0 Å². The third-order valence-electron chi connectivity index (χ3n) is 6.62. The molecule has 0 saturated heterocycles. The Kier molecular flexibility index (Phi) is 3.15. The average molecular weight is 329 g/mol. The summed E-state index contributed by atoms with van der Waals surface area (Å²) in [6, 6.07) is 3.40. The van der Waals surface area contributed by atoms with E-state index in [0.717, 1.165) is 12.0 Å². The Morgan fingerprint density at radius 1 is 1.38 bits per heavy atom. The van der Waals surface area contributed by atoms with Crippen molar-refractivity contribution in [3.8, 4) is 5.75 Å². The van der Waals surface area contributed by atoms with Gasteiger partial charge in [0.15, 0.2) is 0 Å². The van der Waals surface area contributed by atoms with Crippen LogP contribution in [0, 0.1) is 11.8 Å². The molecule has 0 spiro atoms. The minimum atomic E-state index is -1.12. The second-order valence-corrected chi connectivity index (χ2v) is 7.72. The maximum absolute atomic E-state index is 11.7. The molecule has 3 aliphatic carbocycles. The number of hydrogen-bond acceptors (Lipinski definition) is 4. The highest BCUT2D eigenvalue weighted by atomic mass is 16.3. The van der Waals surface area contributed by atoms with E-state index < -0.39 is 23.0 Å². The molecule has 1 aromatic carbocycles. The summed E-state index contributed by atoms with van der Waals surface area (Å²) in [4.78, 5) is 11.7. The normalized spacial score (nSPS) is 39.9. The minimum Gasteiger partial charge on any atom is -0.507 e. The number of benzene rings is 1. The van der Waals surface area contributed by atoms with Crippen LogP contribution in [0.5, 0.6) is 5.75 Å². The summed E-state index contributed by atoms with van der Waals surface area (Å²) in [7, 11) is 0. The number of fused-ring (bicyclic) bond motifs is 1.